The Kier molecular flexibility index (Phi) is 3.99. The minimum Gasteiger partial charge on any atom is -0.388 e. The molecular weight excluding hydrogens is 325 g/mol. The van der Waals surface area contributed by atoms with Crippen LogP contribution in [0.4, 0.5) is 4.39 Å². The lowest BCUT2D eigenvalue weighted by atomic mass is 10.0. The Morgan fingerprint density at radius 2 is 1.88 bits per heavy atom. The largest absolute Gasteiger partial charge is 0.388 e. The Hall–Kier alpha value is -2.35. The smallest absolute Gasteiger partial charge is 0.164 e. The molecule has 1 aliphatic rings. The van der Waals surface area contributed by atoms with Crippen LogP contribution in [0.1, 0.15) is 17.5 Å². The van der Waals surface area contributed by atoms with Crippen LogP contribution in [0.15, 0.2) is 42.9 Å². The average Bonchev–Trinajstić information content (AvgIpc) is 3.14. The van der Waals surface area contributed by atoms with Gasteiger partial charge in [0.05, 0.1) is 11.8 Å². The highest BCUT2D eigenvalue weighted by atomic mass is 19.1. The summed E-state index contributed by atoms with van der Waals surface area (Å²) in [4.78, 5) is 8.41. The van der Waals surface area contributed by atoms with E-state index in [1.54, 1.807) is 22.9 Å². The lowest BCUT2D eigenvalue weighted by Gasteiger charge is -2.17. The van der Waals surface area contributed by atoms with Crippen molar-refractivity contribution in [1.82, 2.24) is 14.5 Å². The second kappa shape index (κ2) is 6.18. The van der Waals surface area contributed by atoms with Crippen molar-refractivity contribution >= 4 is 11.0 Å². The Balaban J connectivity index is 1.61. The van der Waals surface area contributed by atoms with E-state index < -0.39 is 24.5 Å². The van der Waals surface area contributed by atoms with E-state index in [1.807, 2.05) is 13.0 Å². The molecule has 0 radical (unpaired) electrons. The summed E-state index contributed by atoms with van der Waals surface area (Å²) >= 11 is 0. The summed E-state index contributed by atoms with van der Waals surface area (Å²) in [5, 5.41) is 21.7. The van der Waals surface area contributed by atoms with Crippen molar-refractivity contribution in [3.8, 4) is 0 Å². The molecule has 0 amide bonds. The third-order valence-corrected chi connectivity index (χ3v) is 4.67. The molecule has 3 aromatic rings. The number of hydrogen-bond acceptors (Lipinski definition) is 5. The predicted molar refractivity (Wildman–Crippen MR) is 88.3 cm³/mol. The van der Waals surface area contributed by atoms with E-state index in [1.165, 1.54) is 18.5 Å². The third kappa shape index (κ3) is 2.80. The van der Waals surface area contributed by atoms with Gasteiger partial charge in [0.2, 0.25) is 0 Å². The number of aliphatic hydroxyl groups is 2. The zero-order valence-corrected chi connectivity index (χ0v) is 13.6. The average molecular weight is 343 g/mol. The second-order valence-corrected chi connectivity index (χ2v) is 6.30. The van der Waals surface area contributed by atoms with E-state index in [2.05, 4.69) is 9.97 Å². The monoisotopic (exact) mass is 343 g/mol. The lowest BCUT2D eigenvalue weighted by molar-refractivity contribution is -0.0341. The predicted octanol–water partition coefficient (Wildman–Crippen LogP) is 1.74. The van der Waals surface area contributed by atoms with E-state index in [9.17, 15) is 14.6 Å². The maximum absolute atomic E-state index is 13.0. The number of aromatic nitrogens is 3. The second-order valence-electron chi connectivity index (χ2n) is 6.30. The van der Waals surface area contributed by atoms with Crippen molar-refractivity contribution in [2.24, 2.45) is 0 Å². The van der Waals surface area contributed by atoms with Crippen LogP contribution in [0.3, 0.4) is 0 Å². The van der Waals surface area contributed by atoms with Crippen LogP contribution >= 0.6 is 0 Å². The fraction of sp³-hybridized carbons (Fsp3) is 0.333. The van der Waals surface area contributed by atoms with Crippen LogP contribution < -0.4 is 0 Å². The number of nitrogens with zero attached hydrogens (tertiary/aromatic N) is 3. The number of benzene rings is 1. The fourth-order valence-corrected chi connectivity index (χ4v) is 3.28. The summed E-state index contributed by atoms with van der Waals surface area (Å²) in [6, 6.07) is 7.88. The Bertz CT molecular complexity index is 896. The van der Waals surface area contributed by atoms with Gasteiger partial charge < -0.3 is 19.5 Å². The first-order valence-corrected chi connectivity index (χ1v) is 8.09. The number of halogens is 1. The van der Waals surface area contributed by atoms with Gasteiger partial charge in [-0.25, -0.2) is 14.4 Å². The number of aliphatic hydroxyl groups excluding tert-OH is 2. The number of rotatable bonds is 3. The number of aryl methyl sites for hydroxylation is 1. The molecule has 2 N–H and O–H groups in total. The molecule has 6 nitrogen and oxygen atoms in total. The van der Waals surface area contributed by atoms with Gasteiger partial charge in [-0.3, -0.25) is 0 Å². The van der Waals surface area contributed by atoms with Crippen molar-refractivity contribution in [2.45, 2.75) is 37.9 Å². The van der Waals surface area contributed by atoms with Gasteiger partial charge in [0.25, 0.3) is 0 Å². The highest BCUT2D eigenvalue weighted by molar-refractivity contribution is 5.78. The van der Waals surface area contributed by atoms with Crippen LogP contribution in [0, 0.1) is 12.7 Å². The van der Waals surface area contributed by atoms with Crippen molar-refractivity contribution < 1.29 is 19.3 Å². The zero-order valence-electron chi connectivity index (χ0n) is 13.6. The maximum atomic E-state index is 13.0. The minimum absolute atomic E-state index is 0.316. The van der Waals surface area contributed by atoms with Gasteiger partial charge in [-0.15, -0.1) is 0 Å². The molecule has 1 aliphatic heterocycles. The van der Waals surface area contributed by atoms with E-state index >= 15 is 0 Å². The molecule has 1 fully saturated rings. The van der Waals surface area contributed by atoms with Crippen molar-refractivity contribution in [1.29, 1.82) is 0 Å². The molecule has 1 saturated heterocycles. The summed E-state index contributed by atoms with van der Waals surface area (Å²) in [7, 11) is 0. The van der Waals surface area contributed by atoms with Crippen LogP contribution in [0.2, 0.25) is 0 Å². The summed E-state index contributed by atoms with van der Waals surface area (Å²) in [6.07, 6.45) is 0.141. The highest BCUT2D eigenvalue weighted by Gasteiger charge is 2.43. The van der Waals surface area contributed by atoms with Gasteiger partial charge in [0, 0.05) is 18.0 Å². The molecule has 4 rings (SSSR count). The molecule has 1 aromatic carbocycles. The molecule has 7 heteroatoms. The molecule has 4 atom stereocenters. The molecular formula is C18H18FN3O3. The van der Waals surface area contributed by atoms with Crippen LogP contribution in [-0.4, -0.2) is 43.1 Å². The fourth-order valence-electron chi connectivity index (χ4n) is 3.28. The molecule has 0 bridgehead atoms. The Morgan fingerprint density at radius 3 is 2.64 bits per heavy atom. The van der Waals surface area contributed by atoms with Gasteiger partial charge in [-0.1, -0.05) is 12.1 Å². The van der Waals surface area contributed by atoms with E-state index in [0.717, 1.165) is 16.6 Å². The Morgan fingerprint density at radius 1 is 1.12 bits per heavy atom. The van der Waals surface area contributed by atoms with Crippen molar-refractivity contribution in [3.63, 3.8) is 0 Å². The van der Waals surface area contributed by atoms with Gasteiger partial charge in [-0.2, -0.15) is 0 Å². The first-order chi connectivity index (χ1) is 12.0. The van der Waals surface area contributed by atoms with E-state index in [-0.39, 0.29) is 5.82 Å². The summed E-state index contributed by atoms with van der Waals surface area (Å²) < 4.78 is 20.7. The number of fused-ring (bicyclic) bond motifs is 1. The SMILES string of the molecule is Cc1ncnc2c1ccn2[C@H]1O[C@H](Cc2ccc(F)cc2)[C@@H](O)[C@H]1O. The van der Waals surface area contributed by atoms with Gasteiger partial charge in [-0.05, 0) is 30.7 Å². The highest BCUT2D eigenvalue weighted by Crippen LogP contribution is 2.33. The summed E-state index contributed by atoms with van der Waals surface area (Å²) in [5.74, 6) is -0.316. The normalized spacial score (nSPS) is 26.4. The lowest BCUT2D eigenvalue weighted by Crippen LogP contribution is -2.32. The van der Waals surface area contributed by atoms with E-state index in [0.29, 0.717) is 12.1 Å². The van der Waals surface area contributed by atoms with Crippen LogP contribution in [-0.2, 0) is 11.2 Å². The molecule has 25 heavy (non-hydrogen) atoms. The first-order valence-electron chi connectivity index (χ1n) is 8.09. The summed E-state index contributed by atoms with van der Waals surface area (Å²) in [6.45, 7) is 1.88. The Labute approximate surface area is 143 Å². The molecule has 0 unspecified atom stereocenters. The van der Waals surface area contributed by atoms with Gasteiger partial charge in [0.1, 0.15) is 30.0 Å². The van der Waals surface area contributed by atoms with Crippen molar-refractivity contribution in [3.05, 3.63) is 59.9 Å². The van der Waals surface area contributed by atoms with Crippen LogP contribution in [0.5, 0.6) is 0 Å². The molecule has 0 saturated carbocycles. The molecule has 2 aromatic heterocycles. The standard InChI is InChI=1S/C18H18FN3O3/c1-10-13-6-7-22(17(13)21-9-20-10)18-16(24)15(23)14(25-18)8-11-2-4-12(19)5-3-11/h2-7,9,14-16,18,23-24H,8H2,1H3/t14-,15-,16-,18+/m1/s1. The van der Waals surface area contributed by atoms with Crippen LogP contribution in [0.25, 0.3) is 11.0 Å². The topological polar surface area (TPSA) is 80.4 Å². The summed E-state index contributed by atoms with van der Waals surface area (Å²) in [5.41, 5.74) is 2.31. The quantitative estimate of drug-likeness (QED) is 0.757. The third-order valence-electron chi connectivity index (χ3n) is 4.67. The van der Waals surface area contributed by atoms with Gasteiger partial charge >= 0.3 is 0 Å². The van der Waals surface area contributed by atoms with Gasteiger partial charge in [0.15, 0.2) is 6.23 Å². The minimum atomic E-state index is -1.09. The van der Waals surface area contributed by atoms with E-state index in [4.69, 9.17) is 4.74 Å². The number of hydrogen-bond donors (Lipinski definition) is 2. The molecule has 0 spiro atoms. The molecule has 3 heterocycles. The maximum Gasteiger partial charge on any atom is 0.164 e. The van der Waals surface area contributed by atoms with Crippen molar-refractivity contribution in [2.75, 3.05) is 0 Å². The number of ether oxygens (including phenoxy) is 1. The zero-order chi connectivity index (χ0) is 17.6. The first kappa shape index (κ1) is 16.1. The molecule has 0 aliphatic carbocycles. The molecule has 130 valence electrons.